The molecule has 0 atom stereocenters. The molecule has 0 spiro atoms. The lowest BCUT2D eigenvalue weighted by Crippen LogP contribution is -2.18. The van der Waals surface area contributed by atoms with E-state index in [1.165, 1.54) is 0 Å². The Kier molecular flexibility index (Phi) is 6.28. The van der Waals surface area contributed by atoms with Crippen LogP contribution in [0, 0.1) is 0 Å². The van der Waals surface area contributed by atoms with Crippen molar-refractivity contribution in [1.29, 1.82) is 0 Å². The fourth-order valence-corrected chi connectivity index (χ4v) is 1.85. The molecule has 0 rings (SSSR count). The van der Waals surface area contributed by atoms with Gasteiger partial charge in [-0.05, 0) is 33.5 Å². The smallest absolute Gasteiger partial charge is 0.267 e. The van der Waals surface area contributed by atoms with Crippen molar-refractivity contribution in [2.45, 2.75) is 19.8 Å². The van der Waals surface area contributed by atoms with E-state index in [2.05, 4.69) is 0 Å². The van der Waals surface area contributed by atoms with Gasteiger partial charge < -0.3 is 4.90 Å². The van der Waals surface area contributed by atoms with Gasteiger partial charge in [-0.2, -0.15) is 8.42 Å². The van der Waals surface area contributed by atoms with E-state index >= 15 is 0 Å². The van der Waals surface area contributed by atoms with E-state index in [0.717, 1.165) is 13.0 Å². The third-order valence-corrected chi connectivity index (χ3v) is 2.78. The molecule has 0 fully saturated rings. The van der Waals surface area contributed by atoms with E-state index in [4.69, 9.17) is 4.18 Å². The van der Waals surface area contributed by atoms with Gasteiger partial charge in [-0.15, -0.1) is 0 Å². The Morgan fingerprint density at radius 1 is 1.31 bits per heavy atom. The fraction of sp³-hybridized carbons (Fsp3) is 1.00. The molecule has 0 unspecified atom stereocenters. The summed E-state index contributed by atoms with van der Waals surface area (Å²) < 4.78 is 27.0. The number of rotatable bonds is 7. The minimum Gasteiger partial charge on any atom is -0.309 e. The first kappa shape index (κ1) is 12.9. The highest BCUT2D eigenvalue weighted by Gasteiger charge is 2.09. The van der Waals surface area contributed by atoms with Gasteiger partial charge in [0.15, 0.2) is 0 Å². The van der Waals surface area contributed by atoms with Crippen LogP contribution in [0.4, 0.5) is 0 Å². The van der Waals surface area contributed by atoms with Gasteiger partial charge in [0.25, 0.3) is 10.1 Å². The minimum atomic E-state index is -3.27. The summed E-state index contributed by atoms with van der Waals surface area (Å²) in [4.78, 5) is 1.95. The summed E-state index contributed by atoms with van der Waals surface area (Å²) in [5.74, 6) is 0.116. The molecule has 80 valence electrons. The Bertz CT molecular complexity index is 211. The molecule has 0 aliphatic rings. The monoisotopic (exact) mass is 209 g/mol. The molecule has 0 saturated heterocycles. The lowest BCUT2D eigenvalue weighted by molar-refractivity contribution is 0.315. The van der Waals surface area contributed by atoms with Crippen LogP contribution in [0.15, 0.2) is 0 Å². The molecule has 0 N–H and O–H groups in total. The van der Waals surface area contributed by atoms with Gasteiger partial charge in [0.2, 0.25) is 0 Å². The second kappa shape index (κ2) is 6.34. The molecular formula is C8H19NO3S. The van der Waals surface area contributed by atoms with E-state index in [0.29, 0.717) is 13.0 Å². The normalized spacial score (nSPS) is 12.3. The highest BCUT2D eigenvalue weighted by molar-refractivity contribution is 7.86. The van der Waals surface area contributed by atoms with Crippen LogP contribution in [0.1, 0.15) is 19.8 Å². The maximum Gasteiger partial charge on any atom is 0.267 e. The molecule has 0 aromatic carbocycles. The standard InChI is InChI=1S/C8H19NO3S/c1-4-7-12-13(10,11)8-5-6-9(2)3/h4-8H2,1-3H3. The Morgan fingerprint density at radius 3 is 2.38 bits per heavy atom. The SMILES string of the molecule is CCCOS(=O)(=O)CCCN(C)C. The average molecular weight is 209 g/mol. The quantitative estimate of drug-likeness (QED) is 0.579. The molecule has 0 saturated carbocycles. The Morgan fingerprint density at radius 2 is 1.92 bits per heavy atom. The van der Waals surface area contributed by atoms with Crippen LogP contribution in [-0.4, -0.2) is 46.3 Å². The minimum absolute atomic E-state index is 0.116. The number of hydrogen-bond donors (Lipinski definition) is 0. The van der Waals surface area contributed by atoms with Crippen LogP contribution in [0.5, 0.6) is 0 Å². The van der Waals surface area contributed by atoms with E-state index in [9.17, 15) is 8.42 Å². The van der Waals surface area contributed by atoms with Crippen LogP contribution in [-0.2, 0) is 14.3 Å². The van der Waals surface area contributed by atoms with Crippen molar-refractivity contribution >= 4 is 10.1 Å². The predicted molar refractivity (Wildman–Crippen MR) is 53.2 cm³/mol. The fourth-order valence-electron chi connectivity index (χ4n) is 0.827. The van der Waals surface area contributed by atoms with E-state index in [1.54, 1.807) is 0 Å². The van der Waals surface area contributed by atoms with Gasteiger partial charge in [-0.1, -0.05) is 6.92 Å². The van der Waals surface area contributed by atoms with E-state index in [1.807, 2.05) is 25.9 Å². The molecular weight excluding hydrogens is 190 g/mol. The Balaban J connectivity index is 3.64. The maximum atomic E-state index is 11.1. The molecule has 0 bridgehead atoms. The van der Waals surface area contributed by atoms with Gasteiger partial charge in [-0.3, -0.25) is 4.18 Å². The lowest BCUT2D eigenvalue weighted by Gasteiger charge is -2.09. The third kappa shape index (κ3) is 8.21. The van der Waals surface area contributed by atoms with Crippen molar-refractivity contribution in [2.75, 3.05) is 33.0 Å². The molecule has 0 aliphatic carbocycles. The second-order valence-corrected chi connectivity index (χ2v) is 5.00. The van der Waals surface area contributed by atoms with Crippen LogP contribution in [0.2, 0.25) is 0 Å². The highest BCUT2D eigenvalue weighted by atomic mass is 32.2. The lowest BCUT2D eigenvalue weighted by atomic mass is 10.5. The zero-order valence-electron chi connectivity index (χ0n) is 8.62. The molecule has 0 amide bonds. The largest absolute Gasteiger partial charge is 0.309 e. The van der Waals surface area contributed by atoms with Gasteiger partial charge in [0, 0.05) is 0 Å². The molecule has 13 heavy (non-hydrogen) atoms. The highest BCUT2D eigenvalue weighted by Crippen LogP contribution is 1.98. The van der Waals surface area contributed by atoms with E-state index in [-0.39, 0.29) is 5.75 Å². The summed E-state index contributed by atoms with van der Waals surface area (Å²) in [6.07, 6.45) is 1.35. The average Bonchev–Trinajstić information content (AvgIpc) is 2.00. The summed E-state index contributed by atoms with van der Waals surface area (Å²) in [5, 5.41) is 0. The number of hydrogen-bond acceptors (Lipinski definition) is 4. The van der Waals surface area contributed by atoms with Crippen molar-refractivity contribution in [1.82, 2.24) is 4.90 Å². The zero-order chi connectivity index (χ0) is 10.3. The van der Waals surface area contributed by atoms with Crippen LogP contribution >= 0.6 is 0 Å². The van der Waals surface area contributed by atoms with Crippen molar-refractivity contribution in [2.24, 2.45) is 0 Å². The van der Waals surface area contributed by atoms with Crippen molar-refractivity contribution in [3.05, 3.63) is 0 Å². The van der Waals surface area contributed by atoms with E-state index < -0.39 is 10.1 Å². The van der Waals surface area contributed by atoms with Gasteiger partial charge >= 0.3 is 0 Å². The molecule has 0 radical (unpaired) electrons. The van der Waals surface area contributed by atoms with Crippen LogP contribution < -0.4 is 0 Å². The molecule has 0 aliphatic heterocycles. The Hall–Kier alpha value is -0.130. The molecule has 0 heterocycles. The predicted octanol–water partition coefficient (Wildman–Crippen LogP) is 0.694. The first-order valence-electron chi connectivity index (χ1n) is 4.50. The van der Waals surface area contributed by atoms with Crippen LogP contribution in [0.25, 0.3) is 0 Å². The summed E-state index contributed by atoms with van der Waals surface area (Å²) in [7, 11) is 0.566. The topological polar surface area (TPSA) is 46.6 Å². The summed E-state index contributed by atoms with van der Waals surface area (Å²) in [5.41, 5.74) is 0. The first-order valence-corrected chi connectivity index (χ1v) is 6.07. The second-order valence-electron chi connectivity index (χ2n) is 3.24. The Labute approximate surface area is 81.0 Å². The molecule has 0 aromatic heterocycles. The molecule has 5 heteroatoms. The van der Waals surface area contributed by atoms with Gasteiger partial charge in [0.1, 0.15) is 0 Å². The summed E-state index contributed by atoms with van der Waals surface area (Å²) >= 11 is 0. The summed E-state index contributed by atoms with van der Waals surface area (Å²) in [6.45, 7) is 2.95. The van der Waals surface area contributed by atoms with Crippen molar-refractivity contribution < 1.29 is 12.6 Å². The van der Waals surface area contributed by atoms with Gasteiger partial charge in [-0.25, -0.2) is 0 Å². The number of nitrogens with zero attached hydrogens (tertiary/aromatic N) is 1. The summed E-state index contributed by atoms with van der Waals surface area (Å²) in [6, 6.07) is 0. The zero-order valence-corrected chi connectivity index (χ0v) is 9.43. The van der Waals surface area contributed by atoms with Crippen molar-refractivity contribution in [3.63, 3.8) is 0 Å². The van der Waals surface area contributed by atoms with Crippen LogP contribution in [0.3, 0.4) is 0 Å². The van der Waals surface area contributed by atoms with Crippen molar-refractivity contribution in [3.8, 4) is 0 Å². The molecule has 0 aromatic rings. The molecule has 4 nitrogen and oxygen atoms in total. The maximum absolute atomic E-state index is 11.1. The third-order valence-electron chi connectivity index (χ3n) is 1.47. The van der Waals surface area contributed by atoms with Gasteiger partial charge in [0.05, 0.1) is 12.4 Å². The first-order chi connectivity index (χ1) is 5.98.